The first kappa shape index (κ1) is 13.7. The molecule has 1 aromatic rings. The van der Waals surface area contributed by atoms with Crippen molar-refractivity contribution in [3.63, 3.8) is 0 Å². The summed E-state index contributed by atoms with van der Waals surface area (Å²) in [6.45, 7) is 0. The van der Waals surface area contributed by atoms with Crippen molar-refractivity contribution in [3.8, 4) is 5.75 Å². The standard InChI is InChI=1S/C13H18ClNO2S/c1-17-10-7-11(18-8-10)12(16)15-13(9-14)5-3-2-4-6-13/h7-8H,2-6,9H2,1H3,(H,15,16). The number of hydrogen-bond donors (Lipinski definition) is 1. The van der Waals surface area contributed by atoms with Crippen LogP contribution in [0.4, 0.5) is 0 Å². The van der Waals surface area contributed by atoms with E-state index in [9.17, 15) is 4.79 Å². The Hall–Kier alpha value is -0.740. The zero-order valence-electron chi connectivity index (χ0n) is 10.5. The molecule has 0 spiro atoms. The fraction of sp³-hybridized carbons (Fsp3) is 0.615. The molecule has 5 heteroatoms. The molecule has 0 unspecified atom stereocenters. The van der Waals surface area contributed by atoms with E-state index in [-0.39, 0.29) is 11.4 Å². The summed E-state index contributed by atoms with van der Waals surface area (Å²) >= 11 is 7.47. The molecule has 1 saturated carbocycles. The van der Waals surface area contributed by atoms with E-state index < -0.39 is 0 Å². The number of amides is 1. The molecular formula is C13H18ClNO2S. The number of rotatable bonds is 4. The number of nitrogens with one attached hydrogen (secondary N) is 1. The second-order valence-corrected chi connectivity index (χ2v) is 5.96. The summed E-state index contributed by atoms with van der Waals surface area (Å²) in [5.74, 6) is 1.18. The average Bonchev–Trinajstić information content (AvgIpc) is 2.88. The summed E-state index contributed by atoms with van der Waals surface area (Å²) < 4.78 is 5.09. The Morgan fingerprint density at radius 1 is 1.50 bits per heavy atom. The summed E-state index contributed by atoms with van der Waals surface area (Å²) in [7, 11) is 1.60. The molecule has 0 aliphatic heterocycles. The van der Waals surface area contributed by atoms with Gasteiger partial charge in [0.1, 0.15) is 5.75 Å². The Balaban J connectivity index is 2.04. The van der Waals surface area contributed by atoms with E-state index >= 15 is 0 Å². The van der Waals surface area contributed by atoms with Gasteiger partial charge in [-0.1, -0.05) is 19.3 Å². The second kappa shape index (κ2) is 5.93. The van der Waals surface area contributed by atoms with Crippen LogP contribution in [-0.2, 0) is 0 Å². The van der Waals surface area contributed by atoms with Gasteiger partial charge < -0.3 is 10.1 Å². The number of thiophene rings is 1. The van der Waals surface area contributed by atoms with Crippen LogP contribution in [0.1, 0.15) is 41.8 Å². The predicted molar refractivity (Wildman–Crippen MR) is 74.9 cm³/mol. The highest BCUT2D eigenvalue weighted by molar-refractivity contribution is 7.12. The van der Waals surface area contributed by atoms with Gasteiger partial charge in [0.15, 0.2) is 0 Å². The zero-order valence-corrected chi connectivity index (χ0v) is 12.1. The number of halogens is 1. The molecule has 1 aliphatic carbocycles. The Labute approximate surface area is 116 Å². The zero-order chi connectivity index (χ0) is 13.0. The lowest BCUT2D eigenvalue weighted by atomic mass is 9.83. The molecule has 0 radical (unpaired) electrons. The Morgan fingerprint density at radius 3 is 2.78 bits per heavy atom. The summed E-state index contributed by atoms with van der Waals surface area (Å²) in [6, 6.07) is 1.77. The fourth-order valence-corrected chi connectivity index (χ4v) is 3.45. The third kappa shape index (κ3) is 2.98. The Bertz CT molecular complexity index is 413. The number of alkyl halides is 1. The molecule has 2 rings (SSSR count). The summed E-state index contributed by atoms with van der Waals surface area (Å²) in [5.41, 5.74) is -0.214. The normalized spacial score (nSPS) is 18.3. The van der Waals surface area contributed by atoms with Gasteiger partial charge >= 0.3 is 0 Å². The van der Waals surface area contributed by atoms with Crippen molar-refractivity contribution in [2.75, 3.05) is 13.0 Å². The van der Waals surface area contributed by atoms with E-state index in [1.165, 1.54) is 17.8 Å². The first-order valence-electron chi connectivity index (χ1n) is 6.20. The topological polar surface area (TPSA) is 38.3 Å². The van der Waals surface area contributed by atoms with Crippen LogP contribution in [-0.4, -0.2) is 24.4 Å². The number of carbonyl (C=O) groups excluding carboxylic acids is 1. The molecule has 3 nitrogen and oxygen atoms in total. The van der Waals surface area contributed by atoms with Crippen LogP contribution >= 0.6 is 22.9 Å². The molecule has 1 aliphatic rings. The maximum absolute atomic E-state index is 12.2. The quantitative estimate of drug-likeness (QED) is 0.862. The van der Waals surface area contributed by atoms with Gasteiger partial charge in [0.2, 0.25) is 0 Å². The lowest BCUT2D eigenvalue weighted by molar-refractivity contribution is 0.0889. The van der Waals surface area contributed by atoms with Crippen molar-refractivity contribution < 1.29 is 9.53 Å². The molecular weight excluding hydrogens is 270 g/mol. The Kier molecular flexibility index (Phi) is 4.51. The van der Waals surface area contributed by atoms with Gasteiger partial charge in [-0.25, -0.2) is 0 Å². The highest BCUT2D eigenvalue weighted by Crippen LogP contribution is 2.30. The minimum atomic E-state index is -0.214. The third-order valence-electron chi connectivity index (χ3n) is 3.48. The van der Waals surface area contributed by atoms with E-state index in [0.29, 0.717) is 10.8 Å². The van der Waals surface area contributed by atoms with Crippen LogP contribution in [0.2, 0.25) is 0 Å². The largest absolute Gasteiger partial charge is 0.496 e. The van der Waals surface area contributed by atoms with E-state index in [4.69, 9.17) is 16.3 Å². The lowest BCUT2D eigenvalue weighted by Gasteiger charge is -2.36. The third-order valence-corrected chi connectivity index (χ3v) is 4.90. The molecule has 0 atom stereocenters. The maximum Gasteiger partial charge on any atom is 0.261 e. The van der Waals surface area contributed by atoms with Crippen LogP contribution in [0.25, 0.3) is 0 Å². The molecule has 100 valence electrons. The molecule has 18 heavy (non-hydrogen) atoms. The van der Waals surface area contributed by atoms with Crippen LogP contribution in [0, 0.1) is 0 Å². The van der Waals surface area contributed by atoms with E-state index in [2.05, 4.69) is 5.32 Å². The number of carbonyl (C=O) groups is 1. The van der Waals surface area contributed by atoms with Gasteiger partial charge in [0.25, 0.3) is 5.91 Å². The molecule has 1 N–H and O–H groups in total. The first-order valence-corrected chi connectivity index (χ1v) is 7.61. The predicted octanol–water partition coefficient (Wildman–Crippen LogP) is 3.43. The SMILES string of the molecule is COc1csc(C(=O)NC2(CCl)CCCCC2)c1. The molecule has 1 fully saturated rings. The second-order valence-electron chi connectivity index (χ2n) is 4.78. The molecule has 0 saturated heterocycles. The number of hydrogen-bond acceptors (Lipinski definition) is 3. The van der Waals surface area contributed by atoms with Crippen molar-refractivity contribution in [1.82, 2.24) is 5.32 Å². The van der Waals surface area contributed by atoms with Crippen molar-refractivity contribution >= 4 is 28.8 Å². The van der Waals surface area contributed by atoms with Crippen LogP contribution < -0.4 is 10.1 Å². The minimum Gasteiger partial charge on any atom is -0.496 e. The summed E-state index contributed by atoms with van der Waals surface area (Å²) in [6.07, 6.45) is 5.47. The van der Waals surface area contributed by atoms with E-state index in [1.54, 1.807) is 13.2 Å². The van der Waals surface area contributed by atoms with Crippen molar-refractivity contribution in [1.29, 1.82) is 0 Å². The fourth-order valence-electron chi connectivity index (χ4n) is 2.37. The number of ether oxygens (including phenoxy) is 1. The van der Waals surface area contributed by atoms with Crippen LogP contribution in [0.3, 0.4) is 0 Å². The molecule has 0 aromatic carbocycles. The van der Waals surface area contributed by atoms with Gasteiger partial charge in [0.05, 0.1) is 17.5 Å². The van der Waals surface area contributed by atoms with Crippen molar-refractivity contribution in [3.05, 3.63) is 16.3 Å². The monoisotopic (exact) mass is 287 g/mol. The van der Waals surface area contributed by atoms with Gasteiger partial charge in [0, 0.05) is 17.3 Å². The van der Waals surface area contributed by atoms with Crippen molar-refractivity contribution in [2.45, 2.75) is 37.6 Å². The molecule has 1 heterocycles. The van der Waals surface area contributed by atoms with Crippen LogP contribution in [0.5, 0.6) is 5.75 Å². The van der Waals surface area contributed by atoms with Crippen molar-refractivity contribution in [2.24, 2.45) is 0 Å². The van der Waals surface area contributed by atoms with Crippen LogP contribution in [0.15, 0.2) is 11.4 Å². The lowest BCUT2D eigenvalue weighted by Crippen LogP contribution is -2.51. The van der Waals surface area contributed by atoms with E-state index in [0.717, 1.165) is 31.4 Å². The van der Waals surface area contributed by atoms with Gasteiger partial charge in [-0.2, -0.15) is 0 Å². The van der Waals surface area contributed by atoms with E-state index in [1.807, 2.05) is 5.38 Å². The number of methoxy groups -OCH3 is 1. The van der Waals surface area contributed by atoms with Gasteiger partial charge in [-0.3, -0.25) is 4.79 Å². The molecule has 1 aromatic heterocycles. The van der Waals surface area contributed by atoms with Gasteiger partial charge in [-0.05, 0) is 12.8 Å². The average molecular weight is 288 g/mol. The van der Waals surface area contributed by atoms with Gasteiger partial charge in [-0.15, -0.1) is 22.9 Å². The smallest absolute Gasteiger partial charge is 0.261 e. The summed E-state index contributed by atoms with van der Waals surface area (Å²) in [5, 5.41) is 4.96. The highest BCUT2D eigenvalue weighted by atomic mass is 35.5. The molecule has 1 amide bonds. The summed E-state index contributed by atoms with van der Waals surface area (Å²) in [4.78, 5) is 12.9. The minimum absolute atomic E-state index is 0.0362. The Morgan fingerprint density at radius 2 is 2.22 bits per heavy atom. The molecule has 0 bridgehead atoms. The highest BCUT2D eigenvalue weighted by Gasteiger charge is 2.33. The maximum atomic E-state index is 12.2. The first-order chi connectivity index (χ1) is 8.69.